The predicted octanol–water partition coefficient (Wildman–Crippen LogP) is 3.10. The van der Waals surface area contributed by atoms with Gasteiger partial charge in [-0.25, -0.2) is 0 Å². The quantitative estimate of drug-likeness (QED) is 0.585. The van der Waals surface area contributed by atoms with Gasteiger partial charge in [0.05, 0.1) is 0 Å². The Morgan fingerprint density at radius 2 is 2.15 bits per heavy atom. The minimum absolute atomic E-state index is 0.00542. The Labute approximate surface area is 120 Å². The molecular formula is C17H24O3. The van der Waals surface area contributed by atoms with E-state index in [1.807, 2.05) is 0 Å². The van der Waals surface area contributed by atoms with Crippen molar-refractivity contribution in [2.75, 3.05) is 0 Å². The molecule has 0 heterocycles. The second-order valence-corrected chi connectivity index (χ2v) is 7.50. The van der Waals surface area contributed by atoms with Crippen LogP contribution in [0, 0.1) is 22.7 Å². The Morgan fingerprint density at radius 3 is 2.90 bits per heavy atom. The number of aldehydes is 1. The Morgan fingerprint density at radius 1 is 1.35 bits per heavy atom. The second kappa shape index (κ2) is 4.78. The molecule has 1 spiro atoms. The minimum Gasteiger partial charge on any atom is -0.303 e. The van der Waals surface area contributed by atoms with Crippen molar-refractivity contribution in [1.82, 2.24) is 0 Å². The first-order valence-corrected chi connectivity index (χ1v) is 7.99. The van der Waals surface area contributed by atoms with Crippen molar-refractivity contribution in [1.29, 1.82) is 0 Å². The lowest BCUT2D eigenvalue weighted by atomic mass is 9.49. The Bertz CT molecular complexity index is 455. The van der Waals surface area contributed by atoms with Gasteiger partial charge >= 0.3 is 0 Å². The van der Waals surface area contributed by atoms with Crippen molar-refractivity contribution in [3.8, 4) is 0 Å². The van der Waals surface area contributed by atoms with Crippen LogP contribution in [0.5, 0.6) is 0 Å². The SMILES string of the molecule is C[C@]1(CCCC=O)CC(=O)C[C@H]2CC3C[C@@]21CCC3=O. The summed E-state index contributed by atoms with van der Waals surface area (Å²) in [4.78, 5) is 34.8. The van der Waals surface area contributed by atoms with Gasteiger partial charge in [0.1, 0.15) is 17.9 Å². The van der Waals surface area contributed by atoms with E-state index in [9.17, 15) is 14.4 Å². The van der Waals surface area contributed by atoms with E-state index in [1.165, 1.54) is 0 Å². The van der Waals surface area contributed by atoms with Crippen LogP contribution in [0.2, 0.25) is 0 Å². The highest BCUT2D eigenvalue weighted by Crippen LogP contribution is 2.67. The van der Waals surface area contributed by atoms with Crippen LogP contribution in [0.25, 0.3) is 0 Å². The fourth-order valence-corrected chi connectivity index (χ4v) is 5.55. The van der Waals surface area contributed by atoms with E-state index in [2.05, 4.69) is 6.92 Å². The zero-order chi connectivity index (χ0) is 14.4. The fraction of sp³-hybridized carbons (Fsp3) is 0.824. The smallest absolute Gasteiger partial charge is 0.136 e. The van der Waals surface area contributed by atoms with Gasteiger partial charge in [-0.2, -0.15) is 0 Å². The van der Waals surface area contributed by atoms with Crippen LogP contribution in [0.3, 0.4) is 0 Å². The van der Waals surface area contributed by atoms with E-state index in [1.54, 1.807) is 0 Å². The lowest BCUT2D eigenvalue weighted by Gasteiger charge is -2.54. The van der Waals surface area contributed by atoms with Gasteiger partial charge in [0.2, 0.25) is 0 Å². The van der Waals surface area contributed by atoms with Crippen molar-refractivity contribution in [2.24, 2.45) is 22.7 Å². The summed E-state index contributed by atoms with van der Waals surface area (Å²) >= 11 is 0. The van der Waals surface area contributed by atoms with Crippen molar-refractivity contribution < 1.29 is 14.4 Å². The molecule has 4 atom stereocenters. The Balaban J connectivity index is 1.89. The number of rotatable bonds is 4. The molecule has 0 radical (unpaired) electrons. The highest BCUT2D eigenvalue weighted by Gasteiger charge is 2.62. The number of ketones is 2. The van der Waals surface area contributed by atoms with Gasteiger partial charge in [-0.1, -0.05) is 6.92 Å². The molecule has 0 saturated heterocycles. The molecular weight excluding hydrogens is 252 g/mol. The molecule has 3 rings (SSSR count). The molecule has 3 aliphatic rings. The topological polar surface area (TPSA) is 51.2 Å². The number of carbonyl (C=O) groups is 3. The van der Waals surface area contributed by atoms with Crippen LogP contribution in [0.4, 0.5) is 0 Å². The van der Waals surface area contributed by atoms with Gasteiger partial charge in [-0.15, -0.1) is 0 Å². The Kier molecular flexibility index (Phi) is 3.34. The summed E-state index contributed by atoms with van der Waals surface area (Å²) in [5.74, 6) is 1.42. The first-order chi connectivity index (χ1) is 9.51. The first kappa shape index (κ1) is 14.0. The number of unbranched alkanes of at least 4 members (excludes halogenated alkanes) is 1. The molecule has 20 heavy (non-hydrogen) atoms. The van der Waals surface area contributed by atoms with E-state index < -0.39 is 0 Å². The molecule has 2 bridgehead atoms. The largest absolute Gasteiger partial charge is 0.303 e. The highest BCUT2D eigenvalue weighted by molar-refractivity contribution is 5.85. The molecule has 0 aromatic heterocycles. The standard InChI is InChI=1S/C17H24O3/c1-16(5-2-3-7-18)11-14(19)9-13-8-12-10-17(13,16)6-4-15(12)20/h7,12-13H,2-6,8-11H2,1H3/t12?,13-,16+,17+/m1/s1. The monoisotopic (exact) mass is 276 g/mol. The third kappa shape index (κ3) is 1.89. The third-order valence-corrected chi connectivity index (χ3v) is 6.55. The zero-order valence-corrected chi connectivity index (χ0v) is 12.3. The molecule has 0 N–H and O–H groups in total. The molecule has 1 unspecified atom stereocenters. The molecule has 0 amide bonds. The third-order valence-electron chi connectivity index (χ3n) is 6.55. The summed E-state index contributed by atoms with van der Waals surface area (Å²) in [5.41, 5.74) is 0.202. The number of carbonyl (C=O) groups excluding carboxylic acids is 3. The van der Waals surface area contributed by atoms with E-state index in [-0.39, 0.29) is 16.7 Å². The van der Waals surface area contributed by atoms with Crippen LogP contribution >= 0.6 is 0 Å². The Hall–Kier alpha value is -0.990. The van der Waals surface area contributed by atoms with Crippen LogP contribution in [-0.2, 0) is 14.4 Å². The zero-order valence-electron chi connectivity index (χ0n) is 12.3. The molecule has 3 saturated carbocycles. The van der Waals surface area contributed by atoms with E-state index >= 15 is 0 Å². The van der Waals surface area contributed by atoms with Gasteiger partial charge in [-0.05, 0) is 48.9 Å². The van der Waals surface area contributed by atoms with Gasteiger partial charge in [0.25, 0.3) is 0 Å². The maximum Gasteiger partial charge on any atom is 0.136 e. The first-order valence-electron chi connectivity index (χ1n) is 7.99. The van der Waals surface area contributed by atoms with Gasteiger partial charge in [0.15, 0.2) is 0 Å². The van der Waals surface area contributed by atoms with Crippen LogP contribution in [0.1, 0.15) is 64.7 Å². The predicted molar refractivity (Wildman–Crippen MR) is 75.2 cm³/mol. The van der Waals surface area contributed by atoms with Crippen molar-refractivity contribution >= 4 is 17.9 Å². The maximum atomic E-state index is 12.2. The lowest BCUT2D eigenvalue weighted by Crippen LogP contribution is -2.49. The van der Waals surface area contributed by atoms with Crippen LogP contribution < -0.4 is 0 Å². The molecule has 3 fully saturated rings. The summed E-state index contributed by atoms with van der Waals surface area (Å²) < 4.78 is 0. The number of fused-ring (bicyclic) bond motifs is 1. The van der Waals surface area contributed by atoms with E-state index in [0.717, 1.165) is 38.4 Å². The number of Topliss-reactive ketones (excluding diaryl/α,β-unsaturated/α-hetero) is 2. The minimum atomic E-state index is 0.00542. The van der Waals surface area contributed by atoms with Crippen molar-refractivity contribution in [2.45, 2.75) is 64.7 Å². The number of hydrogen-bond donors (Lipinski definition) is 0. The molecule has 110 valence electrons. The average Bonchev–Trinajstić information content (AvgIpc) is 2.71. The second-order valence-electron chi connectivity index (χ2n) is 7.50. The summed E-state index contributed by atoms with van der Waals surface area (Å²) in [6.07, 6.45) is 8.36. The van der Waals surface area contributed by atoms with Crippen LogP contribution in [0.15, 0.2) is 0 Å². The molecule has 3 aliphatic carbocycles. The summed E-state index contributed by atoms with van der Waals surface area (Å²) in [7, 11) is 0. The molecule has 3 nitrogen and oxygen atoms in total. The lowest BCUT2D eigenvalue weighted by molar-refractivity contribution is -0.139. The maximum absolute atomic E-state index is 12.2. The van der Waals surface area contributed by atoms with E-state index in [0.29, 0.717) is 43.2 Å². The molecule has 0 aliphatic heterocycles. The molecule has 0 aromatic carbocycles. The molecule has 3 heteroatoms. The van der Waals surface area contributed by atoms with Crippen molar-refractivity contribution in [3.63, 3.8) is 0 Å². The van der Waals surface area contributed by atoms with Gasteiger partial charge < -0.3 is 4.79 Å². The normalized spacial score (nSPS) is 43.5. The van der Waals surface area contributed by atoms with Crippen LogP contribution in [-0.4, -0.2) is 17.9 Å². The highest BCUT2D eigenvalue weighted by atomic mass is 16.1. The average molecular weight is 276 g/mol. The summed E-state index contributed by atoms with van der Waals surface area (Å²) in [5, 5.41) is 0. The molecule has 0 aromatic rings. The van der Waals surface area contributed by atoms with E-state index in [4.69, 9.17) is 0 Å². The van der Waals surface area contributed by atoms with Gasteiger partial charge in [0, 0.05) is 31.6 Å². The van der Waals surface area contributed by atoms with Gasteiger partial charge in [-0.3, -0.25) is 9.59 Å². The fourth-order valence-electron chi connectivity index (χ4n) is 5.55. The van der Waals surface area contributed by atoms with Crippen molar-refractivity contribution in [3.05, 3.63) is 0 Å². The summed E-state index contributed by atoms with van der Waals surface area (Å²) in [6, 6.07) is 0. The number of hydrogen-bond acceptors (Lipinski definition) is 3. The summed E-state index contributed by atoms with van der Waals surface area (Å²) in [6.45, 7) is 2.25.